The summed E-state index contributed by atoms with van der Waals surface area (Å²) in [6.07, 6.45) is 7.01. The van der Waals surface area contributed by atoms with E-state index in [9.17, 15) is 0 Å². The van der Waals surface area contributed by atoms with Crippen LogP contribution in [0, 0.1) is 0 Å². The number of halogens is 1. The van der Waals surface area contributed by atoms with E-state index in [1.807, 2.05) is 18.5 Å². The van der Waals surface area contributed by atoms with Crippen molar-refractivity contribution in [3.63, 3.8) is 0 Å². The molecule has 2 aromatic carbocycles. The third kappa shape index (κ3) is 3.37. The number of hydrogen-bond donors (Lipinski definition) is 0. The maximum atomic E-state index is 6.36. The lowest BCUT2D eigenvalue weighted by atomic mass is 10.00. The summed E-state index contributed by atoms with van der Waals surface area (Å²) in [6.45, 7) is 2.00. The summed E-state index contributed by atoms with van der Waals surface area (Å²) in [6, 6.07) is 20.9. The zero-order chi connectivity index (χ0) is 19.8. The monoisotopic (exact) mass is 399 g/mol. The standard InChI is InChI=1S/C25H22ClN3/c1-28-14-11-25-23(16-28)21-15-20(26)7-8-24(21)29(25)17-22(18-5-3-2-4-6-18)19-9-12-27-13-10-19/h2-10,12-13,15,17H,11,14,16H2,1H3. The molecule has 29 heavy (non-hydrogen) atoms. The predicted octanol–water partition coefficient (Wildman–Crippen LogP) is 5.72. The van der Waals surface area contributed by atoms with E-state index in [1.165, 1.54) is 33.3 Å². The van der Waals surface area contributed by atoms with Gasteiger partial charge in [0.05, 0.1) is 5.52 Å². The number of nitrogens with zero attached hydrogens (tertiary/aromatic N) is 3. The van der Waals surface area contributed by atoms with Gasteiger partial charge in [0.1, 0.15) is 0 Å². The molecule has 4 aromatic rings. The van der Waals surface area contributed by atoms with E-state index in [1.54, 1.807) is 0 Å². The minimum absolute atomic E-state index is 0.784. The first-order valence-corrected chi connectivity index (χ1v) is 10.3. The maximum Gasteiger partial charge on any atom is 0.0530 e. The molecule has 1 aliphatic rings. The Bertz CT molecular complexity index is 1150. The maximum absolute atomic E-state index is 6.36. The quantitative estimate of drug-likeness (QED) is 0.439. The zero-order valence-electron chi connectivity index (χ0n) is 16.3. The number of hydrogen-bond acceptors (Lipinski definition) is 2. The van der Waals surface area contributed by atoms with Crippen molar-refractivity contribution in [2.24, 2.45) is 0 Å². The molecule has 0 unspecified atom stereocenters. The molecule has 0 spiro atoms. The second-order valence-electron chi connectivity index (χ2n) is 7.59. The predicted molar refractivity (Wildman–Crippen MR) is 121 cm³/mol. The Morgan fingerprint density at radius 1 is 1.00 bits per heavy atom. The minimum Gasteiger partial charge on any atom is -0.319 e. The Balaban J connectivity index is 1.78. The lowest BCUT2D eigenvalue weighted by molar-refractivity contribution is 0.312. The van der Waals surface area contributed by atoms with Crippen molar-refractivity contribution >= 4 is 34.3 Å². The first kappa shape index (κ1) is 18.2. The van der Waals surface area contributed by atoms with Crippen LogP contribution in [0.3, 0.4) is 0 Å². The molecule has 0 saturated carbocycles. The van der Waals surface area contributed by atoms with Crippen LogP contribution in [-0.2, 0) is 13.0 Å². The molecule has 144 valence electrons. The fourth-order valence-electron chi connectivity index (χ4n) is 4.24. The van der Waals surface area contributed by atoms with Gasteiger partial charge in [-0.05, 0) is 54.1 Å². The van der Waals surface area contributed by atoms with Gasteiger partial charge in [0.15, 0.2) is 0 Å². The van der Waals surface area contributed by atoms with Crippen LogP contribution in [0.2, 0.25) is 5.02 Å². The van der Waals surface area contributed by atoms with Crippen LogP contribution in [0.25, 0.3) is 22.7 Å². The van der Waals surface area contributed by atoms with E-state index in [0.29, 0.717) is 0 Å². The van der Waals surface area contributed by atoms with E-state index < -0.39 is 0 Å². The second kappa shape index (κ2) is 7.51. The van der Waals surface area contributed by atoms with Gasteiger partial charge in [-0.1, -0.05) is 41.9 Å². The van der Waals surface area contributed by atoms with Gasteiger partial charge >= 0.3 is 0 Å². The van der Waals surface area contributed by atoms with Crippen LogP contribution in [0.5, 0.6) is 0 Å². The van der Waals surface area contributed by atoms with E-state index >= 15 is 0 Å². The minimum atomic E-state index is 0.784. The molecule has 0 saturated heterocycles. The van der Waals surface area contributed by atoms with Gasteiger partial charge in [-0.15, -0.1) is 0 Å². The smallest absolute Gasteiger partial charge is 0.0530 e. The number of aromatic nitrogens is 2. The Kier molecular flexibility index (Phi) is 4.70. The molecule has 0 bridgehead atoms. The number of rotatable bonds is 3. The van der Waals surface area contributed by atoms with Crippen molar-refractivity contribution in [2.45, 2.75) is 13.0 Å². The van der Waals surface area contributed by atoms with Crippen LogP contribution in [0.1, 0.15) is 22.4 Å². The summed E-state index contributed by atoms with van der Waals surface area (Å²) in [5, 5.41) is 2.03. The van der Waals surface area contributed by atoms with Crippen molar-refractivity contribution in [2.75, 3.05) is 13.6 Å². The Labute approximate surface area is 175 Å². The SMILES string of the molecule is CN1CCc2c(c3cc(Cl)ccc3n2C=C(c2ccccc2)c2ccncc2)C1. The van der Waals surface area contributed by atoms with E-state index in [0.717, 1.165) is 30.1 Å². The van der Waals surface area contributed by atoms with E-state index in [4.69, 9.17) is 11.6 Å². The van der Waals surface area contributed by atoms with Gasteiger partial charge in [-0.25, -0.2) is 0 Å². The Morgan fingerprint density at radius 2 is 1.76 bits per heavy atom. The van der Waals surface area contributed by atoms with E-state index in [-0.39, 0.29) is 0 Å². The molecular formula is C25H22ClN3. The molecule has 0 N–H and O–H groups in total. The number of fused-ring (bicyclic) bond motifs is 3. The summed E-state index contributed by atoms with van der Waals surface area (Å²) in [5.41, 5.74) is 7.50. The van der Waals surface area contributed by atoms with Crippen LogP contribution in [0.4, 0.5) is 0 Å². The molecule has 5 rings (SSSR count). The first-order chi connectivity index (χ1) is 14.2. The number of pyridine rings is 1. The third-order valence-electron chi connectivity index (χ3n) is 5.68. The normalized spacial score (nSPS) is 14.9. The van der Waals surface area contributed by atoms with Gasteiger partial charge in [-0.2, -0.15) is 0 Å². The molecule has 0 atom stereocenters. The van der Waals surface area contributed by atoms with Gasteiger partial charge in [-0.3, -0.25) is 4.98 Å². The molecule has 2 aromatic heterocycles. The number of likely N-dealkylation sites (N-methyl/N-ethyl adjacent to an activating group) is 1. The third-order valence-corrected chi connectivity index (χ3v) is 5.91. The highest BCUT2D eigenvalue weighted by atomic mass is 35.5. The molecule has 0 amide bonds. The Hall–Kier alpha value is -2.88. The Morgan fingerprint density at radius 3 is 2.55 bits per heavy atom. The fourth-order valence-corrected chi connectivity index (χ4v) is 4.41. The van der Waals surface area contributed by atoms with Crippen LogP contribution >= 0.6 is 11.6 Å². The van der Waals surface area contributed by atoms with Crippen molar-refractivity contribution in [3.8, 4) is 0 Å². The lowest BCUT2D eigenvalue weighted by Crippen LogP contribution is -2.26. The molecule has 0 radical (unpaired) electrons. The molecule has 4 heteroatoms. The topological polar surface area (TPSA) is 21.1 Å². The summed E-state index contributed by atoms with van der Waals surface area (Å²) < 4.78 is 2.37. The van der Waals surface area contributed by atoms with Crippen LogP contribution in [-0.4, -0.2) is 28.0 Å². The average molecular weight is 400 g/mol. The summed E-state index contributed by atoms with van der Waals surface area (Å²) in [5.74, 6) is 0. The number of benzene rings is 2. The van der Waals surface area contributed by atoms with Gasteiger partial charge in [0, 0.05) is 59.8 Å². The molecule has 1 aliphatic heterocycles. The molecule has 3 nitrogen and oxygen atoms in total. The first-order valence-electron chi connectivity index (χ1n) is 9.88. The summed E-state index contributed by atoms with van der Waals surface area (Å²) in [7, 11) is 2.18. The lowest BCUT2D eigenvalue weighted by Gasteiger charge is -2.24. The van der Waals surface area contributed by atoms with Gasteiger partial charge in [0.2, 0.25) is 0 Å². The van der Waals surface area contributed by atoms with E-state index in [2.05, 4.69) is 82.3 Å². The highest BCUT2D eigenvalue weighted by Gasteiger charge is 2.22. The molecular weight excluding hydrogens is 378 g/mol. The van der Waals surface area contributed by atoms with Gasteiger partial charge < -0.3 is 9.47 Å². The molecule has 3 heterocycles. The van der Waals surface area contributed by atoms with Crippen molar-refractivity contribution in [3.05, 3.63) is 100 Å². The largest absolute Gasteiger partial charge is 0.319 e. The molecule has 0 aliphatic carbocycles. The highest BCUT2D eigenvalue weighted by molar-refractivity contribution is 6.31. The fraction of sp³-hybridized carbons (Fsp3) is 0.160. The average Bonchev–Trinajstić information content (AvgIpc) is 3.05. The van der Waals surface area contributed by atoms with Crippen molar-refractivity contribution in [1.82, 2.24) is 14.5 Å². The second-order valence-corrected chi connectivity index (χ2v) is 8.03. The highest BCUT2D eigenvalue weighted by Crippen LogP contribution is 2.34. The van der Waals surface area contributed by atoms with Crippen molar-refractivity contribution in [1.29, 1.82) is 0 Å². The summed E-state index contributed by atoms with van der Waals surface area (Å²) >= 11 is 6.36. The van der Waals surface area contributed by atoms with Gasteiger partial charge in [0.25, 0.3) is 0 Å². The molecule has 0 fully saturated rings. The van der Waals surface area contributed by atoms with Crippen molar-refractivity contribution < 1.29 is 0 Å². The van der Waals surface area contributed by atoms with Crippen LogP contribution < -0.4 is 0 Å². The zero-order valence-corrected chi connectivity index (χ0v) is 17.1. The summed E-state index contributed by atoms with van der Waals surface area (Å²) in [4.78, 5) is 6.58. The van der Waals surface area contributed by atoms with Crippen LogP contribution in [0.15, 0.2) is 73.1 Å².